The molecule has 1 heterocycles. The van der Waals surface area contributed by atoms with Crippen LogP contribution < -0.4 is 5.32 Å². The third kappa shape index (κ3) is 4.20. The van der Waals surface area contributed by atoms with E-state index in [9.17, 15) is 18.0 Å². The lowest BCUT2D eigenvalue weighted by Crippen LogP contribution is -2.31. The fraction of sp³-hybridized carbons (Fsp3) is 0.222. The number of fused-ring (bicyclic) bond motifs is 1. The van der Waals surface area contributed by atoms with Crippen molar-refractivity contribution in [2.24, 2.45) is 0 Å². The first kappa shape index (κ1) is 19.5. The quantitative estimate of drug-likeness (QED) is 0.633. The summed E-state index contributed by atoms with van der Waals surface area (Å²) in [6, 6.07) is 10.6. The van der Waals surface area contributed by atoms with Gasteiger partial charge in [0.2, 0.25) is 11.7 Å². The monoisotopic (exact) mass is 415 g/mol. The average Bonchev–Trinajstić information content (AvgIpc) is 2.96. The lowest BCUT2D eigenvalue weighted by molar-refractivity contribution is -0.147. The Morgan fingerprint density at radius 2 is 1.89 bits per heavy atom. The van der Waals surface area contributed by atoms with Crippen LogP contribution >= 0.6 is 23.2 Å². The van der Waals surface area contributed by atoms with E-state index in [1.807, 2.05) is 0 Å². The largest absolute Gasteiger partial charge is 0.449 e. The van der Waals surface area contributed by atoms with Gasteiger partial charge in [-0.2, -0.15) is 13.2 Å². The third-order valence-corrected chi connectivity index (χ3v) is 4.77. The summed E-state index contributed by atoms with van der Waals surface area (Å²) in [6.45, 7) is 1.19. The second-order valence-electron chi connectivity index (χ2n) is 5.97. The standard InChI is InChI=1S/C18H14Cl2F3N3O/c1-10(11-6-7-12(19)13(20)8-11)24-16(27)9-26-15-5-3-2-4-14(15)25-17(26)18(21,22)23/h2-8,10H,9H2,1H3,(H,24,27). The molecule has 3 rings (SSSR count). The molecular weight excluding hydrogens is 402 g/mol. The van der Waals surface area contributed by atoms with Gasteiger partial charge in [0.25, 0.3) is 0 Å². The highest BCUT2D eigenvalue weighted by atomic mass is 35.5. The molecule has 0 spiro atoms. The van der Waals surface area contributed by atoms with Gasteiger partial charge in [-0.05, 0) is 36.8 Å². The van der Waals surface area contributed by atoms with E-state index < -0.39 is 30.5 Å². The normalized spacial score (nSPS) is 13.0. The average molecular weight is 416 g/mol. The van der Waals surface area contributed by atoms with Gasteiger partial charge >= 0.3 is 6.18 Å². The molecular formula is C18H14Cl2F3N3O. The molecule has 9 heteroatoms. The molecule has 142 valence electrons. The highest BCUT2D eigenvalue weighted by Gasteiger charge is 2.38. The van der Waals surface area contributed by atoms with Crippen molar-refractivity contribution in [3.8, 4) is 0 Å². The Morgan fingerprint density at radius 3 is 2.56 bits per heavy atom. The summed E-state index contributed by atoms with van der Waals surface area (Å²) in [7, 11) is 0. The van der Waals surface area contributed by atoms with E-state index in [-0.39, 0.29) is 11.0 Å². The molecule has 0 aliphatic rings. The van der Waals surface area contributed by atoms with Crippen LogP contribution in [0.25, 0.3) is 11.0 Å². The number of imidazole rings is 1. The highest BCUT2D eigenvalue weighted by Crippen LogP contribution is 2.31. The molecule has 1 unspecified atom stereocenters. The van der Waals surface area contributed by atoms with E-state index in [1.165, 1.54) is 12.1 Å². The number of para-hydroxylation sites is 2. The number of hydrogen-bond donors (Lipinski definition) is 1. The van der Waals surface area contributed by atoms with Crippen LogP contribution in [0.2, 0.25) is 10.0 Å². The zero-order valence-electron chi connectivity index (χ0n) is 14.0. The van der Waals surface area contributed by atoms with Crippen molar-refractivity contribution in [2.45, 2.75) is 25.7 Å². The first-order chi connectivity index (χ1) is 12.7. The summed E-state index contributed by atoms with van der Waals surface area (Å²) >= 11 is 11.8. The van der Waals surface area contributed by atoms with Gasteiger partial charge in [-0.15, -0.1) is 0 Å². The van der Waals surface area contributed by atoms with E-state index in [1.54, 1.807) is 37.3 Å². The van der Waals surface area contributed by atoms with Crippen molar-refractivity contribution in [3.05, 3.63) is 63.9 Å². The van der Waals surface area contributed by atoms with Gasteiger partial charge in [-0.3, -0.25) is 4.79 Å². The third-order valence-electron chi connectivity index (χ3n) is 4.03. The first-order valence-electron chi connectivity index (χ1n) is 7.93. The van der Waals surface area contributed by atoms with Gasteiger partial charge in [-0.25, -0.2) is 4.98 Å². The van der Waals surface area contributed by atoms with Crippen LogP contribution in [0.4, 0.5) is 13.2 Å². The van der Waals surface area contributed by atoms with Gasteiger partial charge in [-0.1, -0.05) is 41.4 Å². The number of benzene rings is 2. The summed E-state index contributed by atoms with van der Waals surface area (Å²) in [5, 5.41) is 3.37. The molecule has 0 aliphatic carbocycles. The van der Waals surface area contributed by atoms with Crippen molar-refractivity contribution in [1.29, 1.82) is 0 Å². The van der Waals surface area contributed by atoms with E-state index >= 15 is 0 Å². The molecule has 0 fully saturated rings. The van der Waals surface area contributed by atoms with E-state index in [0.717, 1.165) is 4.57 Å². The van der Waals surface area contributed by atoms with E-state index in [2.05, 4.69) is 10.3 Å². The summed E-state index contributed by atoms with van der Waals surface area (Å²) in [4.78, 5) is 16.0. The van der Waals surface area contributed by atoms with Crippen molar-refractivity contribution >= 4 is 40.1 Å². The number of hydrogen-bond acceptors (Lipinski definition) is 2. The molecule has 0 bridgehead atoms. The predicted octanol–water partition coefficient (Wildman–Crippen LogP) is 5.24. The van der Waals surface area contributed by atoms with Crippen LogP contribution in [0.1, 0.15) is 24.4 Å². The van der Waals surface area contributed by atoms with Crippen molar-refractivity contribution in [3.63, 3.8) is 0 Å². The van der Waals surface area contributed by atoms with Gasteiger partial charge in [0, 0.05) is 0 Å². The van der Waals surface area contributed by atoms with Crippen LogP contribution in [-0.4, -0.2) is 15.5 Å². The van der Waals surface area contributed by atoms with Crippen molar-refractivity contribution < 1.29 is 18.0 Å². The SMILES string of the molecule is CC(NC(=O)Cn1c(C(F)(F)F)nc2ccccc21)c1ccc(Cl)c(Cl)c1. The summed E-state index contributed by atoms with van der Waals surface area (Å²) < 4.78 is 40.8. The fourth-order valence-electron chi connectivity index (χ4n) is 2.75. The van der Waals surface area contributed by atoms with Gasteiger partial charge in [0.15, 0.2) is 0 Å². The second kappa shape index (κ2) is 7.40. The zero-order valence-corrected chi connectivity index (χ0v) is 15.5. The Hall–Kier alpha value is -2.25. The predicted molar refractivity (Wildman–Crippen MR) is 97.8 cm³/mol. The molecule has 3 aromatic rings. The number of alkyl halides is 3. The molecule has 0 saturated carbocycles. The summed E-state index contributed by atoms with van der Waals surface area (Å²) in [5.74, 6) is -1.69. The van der Waals surface area contributed by atoms with Gasteiger partial charge < -0.3 is 9.88 Å². The number of nitrogens with one attached hydrogen (secondary N) is 1. The maximum Gasteiger partial charge on any atom is 0.449 e. The minimum Gasteiger partial charge on any atom is -0.348 e. The lowest BCUT2D eigenvalue weighted by atomic mass is 10.1. The molecule has 1 amide bonds. The number of nitrogens with zero attached hydrogens (tertiary/aromatic N) is 2. The van der Waals surface area contributed by atoms with Gasteiger partial charge in [0.05, 0.1) is 27.1 Å². The van der Waals surface area contributed by atoms with E-state index in [0.29, 0.717) is 15.6 Å². The molecule has 2 aromatic carbocycles. The Morgan fingerprint density at radius 1 is 1.19 bits per heavy atom. The van der Waals surface area contributed by atoms with Crippen LogP contribution in [0.3, 0.4) is 0 Å². The smallest absolute Gasteiger partial charge is 0.348 e. The Labute approximate surface area is 162 Å². The summed E-state index contributed by atoms with van der Waals surface area (Å²) in [6.07, 6.45) is -4.67. The number of rotatable bonds is 4. The molecule has 0 saturated heterocycles. The van der Waals surface area contributed by atoms with Crippen LogP contribution in [0.15, 0.2) is 42.5 Å². The number of carbonyl (C=O) groups excluding carboxylic acids is 1. The Kier molecular flexibility index (Phi) is 5.35. The first-order valence-corrected chi connectivity index (χ1v) is 8.69. The van der Waals surface area contributed by atoms with Crippen LogP contribution in [0, 0.1) is 0 Å². The van der Waals surface area contributed by atoms with Crippen molar-refractivity contribution in [1.82, 2.24) is 14.9 Å². The molecule has 0 radical (unpaired) electrons. The number of carbonyl (C=O) groups is 1. The van der Waals surface area contributed by atoms with Crippen LogP contribution in [0.5, 0.6) is 0 Å². The molecule has 4 nitrogen and oxygen atoms in total. The summed E-state index contributed by atoms with van der Waals surface area (Å²) in [5.41, 5.74) is 1.10. The maximum absolute atomic E-state index is 13.3. The Balaban J connectivity index is 1.84. The minimum atomic E-state index is -4.67. The lowest BCUT2D eigenvalue weighted by Gasteiger charge is -2.17. The molecule has 1 N–H and O–H groups in total. The zero-order chi connectivity index (χ0) is 19.8. The highest BCUT2D eigenvalue weighted by molar-refractivity contribution is 6.42. The second-order valence-corrected chi connectivity index (χ2v) is 6.79. The molecule has 1 atom stereocenters. The Bertz CT molecular complexity index is 1000. The maximum atomic E-state index is 13.3. The minimum absolute atomic E-state index is 0.176. The fourth-order valence-corrected chi connectivity index (χ4v) is 3.05. The topological polar surface area (TPSA) is 46.9 Å². The molecule has 0 aliphatic heterocycles. The van der Waals surface area contributed by atoms with Crippen LogP contribution in [-0.2, 0) is 17.5 Å². The molecule has 27 heavy (non-hydrogen) atoms. The van der Waals surface area contributed by atoms with Gasteiger partial charge in [0.1, 0.15) is 6.54 Å². The molecule has 1 aromatic heterocycles. The number of amides is 1. The van der Waals surface area contributed by atoms with E-state index in [4.69, 9.17) is 23.2 Å². The number of aromatic nitrogens is 2. The number of halogens is 5. The van der Waals surface area contributed by atoms with Crippen molar-refractivity contribution in [2.75, 3.05) is 0 Å².